The molecule has 0 spiro atoms. The van der Waals surface area contributed by atoms with Crippen molar-refractivity contribution in [3.05, 3.63) is 35.9 Å². The largest absolute Gasteiger partial charge is 0.384 e. The van der Waals surface area contributed by atoms with Crippen LogP contribution in [0.2, 0.25) is 0 Å². The lowest BCUT2D eigenvalue weighted by molar-refractivity contribution is -0.137. The van der Waals surface area contributed by atoms with Gasteiger partial charge in [0.2, 0.25) is 5.91 Å². The second kappa shape index (κ2) is 10.1. The fourth-order valence-electron chi connectivity index (χ4n) is 4.46. The van der Waals surface area contributed by atoms with Gasteiger partial charge in [-0.1, -0.05) is 49.6 Å². The van der Waals surface area contributed by atoms with Crippen LogP contribution in [0.25, 0.3) is 0 Å². The second-order valence-electron chi connectivity index (χ2n) is 7.98. The van der Waals surface area contributed by atoms with Crippen LogP contribution in [0, 0.1) is 11.8 Å². The van der Waals surface area contributed by atoms with Gasteiger partial charge in [0, 0.05) is 51.7 Å². The van der Waals surface area contributed by atoms with Gasteiger partial charge < -0.3 is 14.5 Å². The van der Waals surface area contributed by atoms with Gasteiger partial charge in [0.05, 0.1) is 6.61 Å². The first-order chi connectivity index (χ1) is 12.8. The SMILES string of the molecule is COC[C@H]1CN(CCc2ccccc2)CCN(C(=O)C2CCCCC2)C1. The van der Waals surface area contributed by atoms with Crippen molar-refractivity contribution in [2.45, 2.75) is 38.5 Å². The highest BCUT2D eigenvalue weighted by atomic mass is 16.5. The Hall–Kier alpha value is -1.39. The molecule has 3 rings (SSSR count). The van der Waals surface area contributed by atoms with Crippen LogP contribution in [0.15, 0.2) is 30.3 Å². The maximum atomic E-state index is 13.0. The molecule has 1 aliphatic heterocycles. The van der Waals surface area contributed by atoms with E-state index in [1.165, 1.54) is 24.8 Å². The van der Waals surface area contributed by atoms with Gasteiger partial charge >= 0.3 is 0 Å². The van der Waals surface area contributed by atoms with Gasteiger partial charge in [0.15, 0.2) is 0 Å². The van der Waals surface area contributed by atoms with Crippen LogP contribution in [0.1, 0.15) is 37.7 Å². The molecular weight excluding hydrogens is 324 g/mol. The lowest BCUT2D eigenvalue weighted by atomic mass is 9.88. The number of rotatable bonds is 6. The molecule has 1 amide bonds. The lowest BCUT2D eigenvalue weighted by Gasteiger charge is -2.29. The van der Waals surface area contributed by atoms with Crippen LogP contribution in [0.5, 0.6) is 0 Å². The number of nitrogens with zero attached hydrogens (tertiary/aromatic N) is 2. The Labute approximate surface area is 158 Å². The Morgan fingerprint density at radius 2 is 1.85 bits per heavy atom. The molecular formula is C22H34N2O2. The topological polar surface area (TPSA) is 32.8 Å². The normalized spacial score (nSPS) is 23.0. The molecule has 2 aliphatic rings. The Kier molecular flexibility index (Phi) is 7.51. The maximum Gasteiger partial charge on any atom is 0.225 e. The quantitative estimate of drug-likeness (QED) is 0.783. The minimum absolute atomic E-state index is 0.266. The molecule has 0 unspecified atom stereocenters. The molecule has 1 aromatic carbocycles. The van der Waals surface area contributed by atoms with E-state index in [2.05, 4.69) is 40.1 Å². The van der Waals surface area contributed by atoms with Crippen LogP contribution in [-0.4, -0.2) is 62.1 Å². The number of hydrogen-bond acceptors (Lipinski definition) is 3. The first-order valence-corrected chi connectivity index (χ1v) is 10.3. The molecule has 1 saturated heterocycles. The van der Waals surface area contributed by atoms with E-state index < -0.39 is 0 Å². The second-order valence-corrected chi connectivity index (χ2v) is 7.98. The van der Waals surface area contributed by atoms with Crippen LogP contribution in [-0.2, 0) is 16.0 Å². The summed E-state index contributed by atoms with van der Waals surface area (Å²) in [6.45, 7) is 5.50. The Bertz CT molecular complexity index is 542. The number of amides is 1. The van der Waals surface area contributed by atoms with Gasteiger partial charge in [-0.05, 0) is 24.8 Å². The van der Waals surface area contributed by atoms with E-state index in [9.17, 15) is 4.79 Å². The molecule has 0 N–H and O–H groups in total. The zero-order valence-electron chi connectivity index (χ0n) is 16.2. The zero-order chi connectivity index (χ0) is 18.2. The number of methoxy groups -OCH3 is 1. The van der Waals surface area contributed by atoms with E-state index in [4.69, 9.17) is 4.74 Å². The van der Waals surface area contributed by atoms with Crippen LogP contribution in [0.4, 0.5) is 0 Å². The van der Waals surface area contributed by atoms with Gasteiger partial charge in [0.25, 0.3) is 0 Å². The van der Waals surface area contributed by atoms with Gasteiger partial charge in [0.1, 0.15) is 0 Å². The van der Waals surface area contributed by atoms with Gasteiger partial charge in [-0.2, -0.15) is 0 Å². The summed E-state index contributed by atoms with van der Waals surface area (Å²) in [6, 6.07) is 10.7. The molecule has 1 atom stereocenters. The average Bonchev–Trinajstić information content (AvgIpc) is 2.90. The smallest absolute Gasteiger partial charge is 0.225 e. The third-order valence-electron chi connectivity index (χ3n) is 5.91. The summed E-state index contributed by atoms with van der Waals surface area (Å²) in [4.78, 5) is 17.7. The van der Waals surface area contributed by atoms with E-state index in [0.29, 0.717) is 11.8 Å². The molecule has 0 bridgehead atoms. The number of hydrogen-bond donors (Lipinski definition) is 0. The average molecular weight is 359 g/mol. The van der Waals surface area contributed by atoms with Crippen molar-refractivity contribution in [1.29, 1.82) is 0 Å². The minimum atomic E-state index is 0.266. The third-order valence-corrected chi connectivity index (χ3v) is 5.91. The van der Waals surface area contributed by atoms with E-state index >= 15 is 0 Å². The molecule has 1 heterocycles. The summed E-state index contributed by atoms with van der Waals surface area (Å²) < 4.78 is 5.46. The highest BCUT2D eigenvalue weighted by molar-refractivity contribution is 5.79. The van der Waals surface area contributed by atoms with E-state index in [0.717, 1.165) is 58.6 Å². The highest BCUT2D eigenvalue weighted by Gasteiger charge is 2.30. The number of carbonyl (C=O) groups is 1. The van der Waals surface area contributed by atoms with Crippen molar-refractivity contribution < 1.29 is 9.53 Å². The van der Waals surface area contributed by atoms with Crippen molar-refractivity contribution in [1.82, 2.24) is 9.80 Å². The van der Waals surface area contributed by atoms with E-state index in [1.54, 1.807) is 7.11 Å². The molecule has 1 aliphatic carbocycles. The maximum absolute atomic E-state index is 13.0. The summed E-state index contributed by atoms with van der Waals surface area (Å²) in [6.07, 6.45) is 6.97. The van der Waals surface area contributed by atoms with Gasteiger partial charge in [-0.15, -0.1) is 0 Å². The van der Waals surface area contributed by atoms with Crippen LogP contribution >= 0.6 is 0 Å². The summed E-state index contributed by atoms with van der Waals surface area (Å²) in [5, 5.41) is 0. The summed E-state index contributed by atoms with van der Waals surface area (Å²) >= 11 is 0. The lowest BCUT2D eigenvalue weighted by Crippen LogP contribution is -2.41. The summed E-state index contributed by atoms with van der Waals surface area (Å²) in [7, 11) is 1.77. The summed E-state index contributed by atoms with van der Waals surface area (Å²) in [5.41, 5.74) is 1.38. The first-order valence-electron chi connectivity index (χ1n) is 10.3. The van der Waals surface area contributed by atoms with Gasteiger partial charge in [-0.25, -0.2) is 0 Å². The van der Waals surface area contributed by atoms with Crippen molar-refractivity contribution in [3.63, 3.8) is 0 Å². The Balaban J connectivity index is 1.57. The molecule has 0 aromatic heterocycles. The van der Waals surface area contributed by atoms with Gasteiger partial charge in [-0.3, -0.25) is 4.79 Å². The minimum Gasteiger partial charge on any atom is -0.384 e. The summed E-state index contributed by atoms with van der Waals surface area (Å²) in [5.74, 6) is 1.07. The van der Waals surface area contributed by atoms with Crippen molar-refractivity contribution >= 4 is 5.91 Å². The molecule has 4 nitrogen and oxygen atoms in total. The number of benzene rings is 1. The molecule has 144 valence electrons. The molecule has 2 fully saturated rings. The van der Waals surface area contributed by atoms with Crippen LogP contribution < -0.4 is 0 Å². The predicted molar refractivity (Wildman–Crippen MR) is 105 cm³/mol. The van der Waals surface area contributed by atoms with E-state index in [-0.39, 0.29) is 5.92 Å². The van der Waals surface area contributed by atoms with Crippen molar-refractivity contribution in [2.75, 3.05) is 46.4 Å². The Morgan fingerprint density at radius 1 is 1.08 bits per heavy atom. The predicted octanol–water partition coefficient (Wildman–Crippen LogP) is 3.22. The monoisotopic (exact) mass is 358 g/mol. The standard InChI is InChI=1S/C22H34N2O2/c1-26-18-20-16-23(13-12-19-8-4-2-5-9-19)14-15-24(17-20)22(25)21-10-6-3-7-11-21/h2,4-5,8-9,20-21H,3,6-7,10-18H2,1H3/t20-/m0/s1. The highest BCUT2D eigenvalue weighted by Crippen LogP contribution is 2.26. The van der Waals surface area contributed by atoms with Crippen molar-refractivity contribution in [2.24, 2.45) is 11.8 Å². The first kappa shape index (κ1) is 19.4. The molecule has 0 radical (unpaired) electrons. The van der Waals surface area contributed by atoms with Crippen molar-refractivity contribution in [3.8, 4) is 0 Å². The Morgan fingerprint density at radius 3 is 2.58 bits per heavy atom. The van der Waals surface area contributed by atoms with E-state index in [1.807, 2.05) is 0 Å². The fourth-order valence-corrected chi connectivity index (χ4v) is 4.46. The number of ether oxygens (including phenoxy) is 1. The molecule has 26 heavy (non-hydrogen) atoms. The molecule has 1 aromatic rings. The number of carbonyl (C=O) groups excluding carboxylic acids is 1. The zero-order valence-corrected chi connectivity index (χ0v) is 16.2. The molecule has 1 saturated carbocycles. The third kappa shape index (κ3) is 5.55. The molecule has 4 heteroatoms. The fraction of sp³-hybridized carbons (Fsp3) is 0.682. The van der Waals surface area contributed by atoms with Crippen LogP contribution in [0.3, 0.4) is 0 Å².